The van der Waals surface area contributed by atoms with E-state index in [0.717, 1.165) is 0 Å². The van der Waals surface area contributed by atoms with Crippen LogP contribution in [0.25, 0.3) is 10.8 Å². The normalized spacial score (nSPS) is 10.5. The molecule has 0 saturated carbocycles. The van der Waals surface area contributed by atoms with Crippen LogP contribution in [0.4, 0.5) is 0 Å². The summed E-state index contributed by atoms with van der Waals surface area (Å²) in [5, 5.41) is 10.4. The molecule has 0 heterocycles. The fourth-order valence-corrected chi connectivity index (χ4v) is 2.63. The molecule has 3 aromatic carbocycles. The molecule has 3 rings (SSSR count). The number of carbonyl (C=O) groups excluding carboxylic acids is 2. The van der Waals surface area contributed by atoms with Crippen LogP contribution in [-0.2, 0) is 0 Å². The molecular weight excluding hydrogens is 304 g/mol. The van der Waals surface area contributed by atoms with E-state index < -0.39 is 5.97 Å². The molecule has 0 unspecified atom stereocenters. The Labute approximate surface area is 138 Å². The first-order valence-corrected chi connectivity index (χ1v) is 7.44. The van der Waals surface area contributed by atoms with E-state index in [1.54, 1.807) is 48.5 Å². The number of carbonyl (C=O) groups is 3. The van der Waals surface area contributed by atoms with Crippen LogP contribution >= 0.6 is 0 Å². The molecule has 1 N–H and O–H groups in total. The van der Waals surface area contributed by atoms with Gasteiger partial charge < -0.3 is 5.11 Å². The van der Waals surface area contributed by atoms with Crippen molar-refractivity contribution in [3.05, 3.63) is 83.4 Å². The Morgan fingerprint density at radius 2 is 1.50 bits per heavy atom. The molecule has 0 amide bonds. The average Bonchev–Trinajstić information content (AvgIpc) is 2.61. The molecule has 4 heteroatoms. The Kier molecular flexibility index (Phi) is 4.20. The van der Waals surface area contributed by atoms with Gasteiger partial charge in [-0.05, 0) is 22.9 Å². The molecule has 0 spiro atoms. The summed E-state index contributed by atoms with van der Waals surface area (Å²) in [4.78, 5) is 35.8. The highest BCUT2D eigenvalue weighted by Gasteiger charge is 2.16. The lowest BCUT2D eigenvalue weighted by Crippen LogP contribution is -2.09. The van der Waals surface area contributed by atoms with Crippen LogP contribution < -0.4 is 0 Å². The van der Waals surface area contributed by atoms with Gasteiger partial charge in [0.1, 0.15) is 0 Å². The number of benzene rings is 3. The molecule has 0 aliphatic heterocycles. The van der Waals surface area contributed by atoms with E-state index in [0.29, 0.717) is 21.9 Å². The number of carboxylic acid groups (broad SMARTS) is 1. The fourth-order valence-electron chi connectivity index (χ4n) is 2.63. The minimum absolute atomic E-state index is 0.160. The third-order valence-electron chi connectivity index (χ3n) is 3.84. The van der Waals surface area contributed by atoms with E-state index in [2.05, 4.69) is 0 Å². The Hall–Kier alpha value is -3.27. The Balaban J connectivity index is 1.93. The topological polar surface area (TPSA) is 71.4 Å². The summed E-state index contributed by atoms with van der Waals surface area (Å²) in [6, 6.07) is 18.4. The predicted molar refractivity (Wildman–Crippen MR) is 90.6 cm³/mol. The monoisotopic (exact) mass is 318 g/mol. The van der Waals surface area contributed by atoms with Gasteiger partial charge in [0.2, 0.25) is 0 Å². The van der Waals surface area contributed by atoms with Crippen molar-refractivity contribution in [2.75, 3.05) is 0 Å². The molecule has 0 aliphatic rings. The first-order chi connectivity index (χ1) is 11.6. The van der Waals surface area contributed by atoms with Crippen LogP contribution in [0.2, 0.25) is 0 Å². The summed E-state index contributed by atoms with van der Waals surface area (Å²) in [5.74, 6) is -1.54. The van der Waals surface area contributed by atoms with E-state index >= 15 is 0 Å². The molecule has 118 valence electrons. The van der Waals surface area contributed by atoms with Gasteiger partial charge in [-0.1, -0.05) is 54.6 Å². The van der Waals surface area contributed by atoms with Crippen molar-refractivity contribution in [1.82, 2.24) is 0 Å². The van der Waals surface area contributed by atoms with Gasteiger partial charge in [-0.3, -0.25) is 9.59 Å². The van der Waals surface area contributed by atoms with Crippen molar-refractivity contribution in [1.29, 1.82) is 0 Å². The zero-order valence-electron chi connectivity index (χ0n) is 12.7. The Morgan fingerprint density at radius 3 is 2.21 bits per heavy atom. The fraction of sp³-hybridized carbons (Fsp3) is 0.0500. The molecule has 0 aromatic heterocycles. The first-order valence-electron chi connectivity index (χ1n) is 7.44. The molecule has 0 aliphatic carbocycles. The predicted octanol–water partition coefficient (Wildman–Crippen LogP) is 3.99. The molecule has 3 aromatic rings. The number of Topliss-reactive ketones (excluding diaryl/α,β-unsaturated/α-hetero) is 2. The smallest absolute Gasteiger partial charge is 0.335 e. The lowest BCUT2D eigenvalue weighted by atomic mass is 9.96. The highest BCUT2D eigenvalue weighted by Crippen LogP contribution is 2.22. The second-order valence-corrected chi connectivity index (χ2v) is 5.44. The number of rotatable bonds is 5. The number of fused-ring (bicyclic) bond motifs is 1. The maximum Gasteiger partial charge on any atom is 0.335 e. The Bertz CT molecular complexity index is 942. The molecule has 0 fully saturated rings. The maximum atomic E-state index is 12.5. The van der Waals surface area contributed by atoms with Gasteiger partial charge in [-0.15, -0.1) is 0 Å². The first kappa shape index (κ1) is 15.6. The summed E-state index contributed by atoms with van der Waals surface area (Å²) >= 11 is 0. The van der Waals surface area contributed by atoms with Gasteiger partial charge in [-0.25, -0.2) is 4.79 Å². The maximum absolute atomic E-state index is 12.5. The summed E-state index contributed by atoms with van der Waals surface area (Å²) in [6.07, 6.45) is -0.218. The van der Waals surface area contributed by atoms with Crippen LogP contribution in [0.15, 0.2) is 66.7 Å². The molecule has 4 nitrogen and oxygen atoms in total. The number of carboxylic acids is 1. The van der Waals surface area contributed by atoms with Crippen LogP contribution in [-0.4, -0.2) is 22.6 Å². The van der Waals surface area contributed by atoms with E-state index in [9.17, 15) is 14.4 Å². The number of hydrogen-bond donors (Lipinski definition) is 1. The van der Waals surface area contributed by atoms with E-state index in [1.807, 2.05) is 6.07 Å². The SMILES string of the molecule is O=C(O)c1ccc2c(C(=O)CC(=O)c3ccccc3)cccc2c1. The summed E-state index contributed by atoms with van der Waals surface area (Å²) in [7, 11) is 0. The van der Waals surface area contributed by atoms with Crippen molar-refractivity contribution in [2.45, 2.75) is 6.42 Å². The van der Waals surface area contributed by atoms with Gasteiger partial charge in [-0.2, -0.15) is 0 Å². The quantitative estimate of drug-likeness (QED) is 0.570. The third kappa shape index (κ3) is 3.08. The zero-order valence-corrected chi connectivity index (χ0v) is 12.7. The third-order valence-corrected chi connectivity index (χ3v) is 3.84. The van der Waals surface area contributed by atoms with Crippen molar-refractivity contribution in [3.63, 3.8) is 0 Å². The van der Waals surface area contributed by atoms with Crippen LogP contribution in [0, 0.1) is 0 Å². The van der Waals surface area contributed by atoms with Crippen molar-refractivity contribution in [3.8, 4) is 0 Å². The Morgan fingerprint density at radius 1 is 0.750 bits per heavy atom. The lowest BCUT2D eigenvalue weighted by Gasteiger charge is -2.07. The summed E-state index contributed by atoms with van der Waals surface area (Å²) in [5.41, 5.74) is 1.08. The van der Waals surface area contributed by atoms with E-state index in [1.165, 1.54) is 12.1 Å². The largest absolute Gasteiger partial charge is 0.478 e. The van der Waals surface area contributed by atoms with Gasteiger partial charge >= 0.3 is 5.97 Å². The van der Waals surface area contributed by atoms with Gasteiger partial charge in [0, 0.05) is 11.1 Å². The number of ketones is 2. The number of aromatic carboxylic acids is 1. The molecule has 0 atom stereocenters. The van der Waals surface area contributed by atoms with Crippen molar-refractivity contribution in [2.24, 2.45) is 0 Å². The molecular formula is C20H14O4. The molecule has 0 radical (unpaired) electrons. The van der Waals surface area contributed by atoms with Crippen LogP contribution in [0.1, 0.15) is 37.5 Å². The van der Waals surface area contributed by atoms with Gasteiger partial charge in [0.05, 0.1) is 12.0 Å². The lowest BCUT2D eigenvalue weighted by molar-refractivity contribution is 0.0696. The van der Waals surface area contributed by atoms with Gasteiger partial charge in [0.15, 0.2) is 11.6 Å². The highest BCUT2D eigenvalue weighted by atomic mass is 16.4. The van der Waals surface area contributed by atoms with Crippen LogP contribution in [0.5, 0.6) is 0 Å². The molecule has 24 heavy (non-hydrogen) atoms. The van der Waals surface area contributed by atoms with Crippen LogP contribution in [0.3, 0.4) is 0 Å². The van der Waals surface area contributed by atoms with Crippen molar-refractivity contribution < 1.29 is 19.5 Å². The second-order valence-electron chi connectivity index (χ2n) is 5.44. The average molecular weight is 318 g/mol. The minimum Gasteiger partial charge on any atom is -0.478 e. The number of hydrogen-bond acceptors (Lipinski definition) is 3. The van der Waals surface area contributed by atoms with Gasteiger partial charge in [0.25, 0.3) is 0 Å². The van der Waals surface area contributed by atoms with E-state index in [4.69, 9.17) is 5.11 Å². The molecule has 0 bridgehead atoms. The minimum atomic E-state index is -1.02. The second kappa shape index (κ2) is 6.46. The van der Waals surface area contributed by atoms with Crippen molar-refractivity contribution >= 4 is 28.3 Å². The summed E-state index contributed by atoms with van der Waals surface area (Å²) in [6.45, 7) is 0. The zero-order chi connectivity index (χ0) is 17.1. The highest BCUT2D eigenvalue weighted by molar-refractivity contribution is 6.18. The standard InChI is InChI=1S/C20H14O4/c21-18(13-5-2-1-3-6-13)12-19(22)17-8-4-7-14-11-15(20(23)24)9-10-16(14)17/h1-11H,12H2,(H,23,24). The summed E-state index contributed by atoms with van der Waals surface area (Å²) < 4.78 is 0. The molecule has 0 saturated heterocycles. The van der Waals surface area contributed by atoms with E-state index in [-0.39, 0.29) is 23.6 Å².